The van der Waals surface area contributed by atoms with Crippen LogP contribution in [0, 0.1) is 0 Å². The highest BCUT2D eigenvalue weighted by Gasteiger charge is 2.46. The maximum atomic E-state index is 10.9. The summed E-state index contributed by atoms with van der Waals surface area (Å²) in [6.45, 7) is 24.0. The fourth-order valence-electron chi connectivity index (χ4n) is 3.28. The van der Waals surface area contributed by atoms with Gasteiger partial charge in [0.2, 0.25) is 0 Å². The zero-order valence-electron chi connectivity index (χ0n) is 19.2. The van der Waals surface area contributed by atoms with Gasteiger partial charge in [0.25, 0.3) is 0 Å². The third kappa shape index (κ3) is 14.8. The zero-order chi connectivity index (χ0) is 21.7. The molecule has 0 aliphatic carbocycles. The lowest BCUT2D eigenvalue weighted by Gasteiger charge is -2.42. The Morgan fingerprint density at radius 3 is 1.59 bits per heavy atom. The van der Waals surface area contributed by atoms with E-state index in [1.807, 2.05) is 0 Å². The lowest BCUT2D eigenvalue weighted by atomic mass is 10.5. The number of hydrogen-bond acceptors (Lipinski definition) is 5. The van der Waals surface area contributed by atoms with Crippen LogP contribution < -0.4 is 11.1 Å². The second kappa shape index (κ2) is 9.80. The first kappa shape index (κ1) is 27.2. The number of primary amides is 1. The molecule has 0 saturated heterocycles. The third-order valence-corrected chi connectivity index (χ3v) is 20.6. The van der Waals surface area contributed by atoms with Gasteiger partial charge in [-0.15, -0.1) is 0 Å². The van der Waals surface area contributed by atoms with Crippen LogP contribution in [0.1, 0.15) is 6.42 Å². The van der Waals surface area contributed by atoms with Crippen LogP contribution in [0.2, 0.25) is 78.1 Å². The van der Waals surface area contributed by atoms with Crippen molar-refractivity contribution in [1.29, 1.82) is 0 Å². The summed E-state index contributed by atoms with van der Waals surface area (Å²) in [4.78, 5) is 10.9. The van der Waals surface area contributed by atoms with Crippen molar-refractivity contribution < 1.29 is 21.3 Å². The molecule has 0 aromatic carbocycles. The maximum absolute atomic E-state index is 10.9. The standard InChI is InChI=1S/C15H42N2O5Si5/c1-23(2,3)19-25(7,8)21-26(9,10)22-27(11,20-24(4,5)6)14-12-13-17-15(16)18/h12-14H2,1-11H3,(H3,16,17,18). The minimum atomic E-state index is -2.47. The predicted octanol–water partition coefficient (Wildman–Crippen LogP) is 4.26. The molecule has 27 heavy (non-hydrogen) atoms. The van der Waals surface area contributed by atoms with Crippen LogP contribution in [-0.2, 0) is 16.5 Å². The van der Waals surface area contributed by atoms with Gasteiger partial charge in [-0.2, -0.15) is 0 Å². The molecule has 1 atom stereocenters. The molecule has 2 amide bonds. The zero-order valence-corrected chi connectivity index (χ0v) is 24.2. The number of carbonyl (C=O) groups excluding carboxylic acids is 1. The first-order valence-electron chi connectivity index (χ1n) is 9.58. The van der Waals surface area contributed by atoms with E-state index < -0.39 is 48.3 Å². The van der Waals surface area contributed by atoms with E-state index in [9.17, 15) is 4.79 Å². The van der Waals surface area contributed by atoms with Gasteiger partial charge in [-0.25, -0.2) is 4.79 Å². The summed E-state index contributed by atoms with van der Waals surface area (Å²) in [7, 11) is -10.7. The normalized spacial score (nSPS) is 16.1. The van der Waals surface area contributed by atoms with Gasteiger partial charge in [0, 0.05) is 6.54 Å². The molecule has 0 radical (unpaired) electrons. The smallest absolute Gasteiger partial charge is 0.315 e. The van der Waals surface area contributed by atoms with Gasteiger partial charge in [-0.1, -0.05) is 0 Å². The van der Waals surface area contributed by atoms with Crippen LogP contribution in [0.3, 0.4) is 0 Å². The molecule has 1 unspecified atom stereocenters. The highest BCUT2D eigenvalue weighted by molar-refractivity contribution is 6.90. The van der Waals surface area contributed by atoms with Crippen LogP contribution in [-0.4, -0.2) is 54.9 Å². The Balaban J connectivity index is 5.17. The molecule has 3 N–H and O–H groups in total. The van der Waals surface area contributed by atoms with E-state index in [1.165, 1.54) is 0 Å². The molecular formula is C15H42N2O5Si5. The molecule has 0 spiro atoms. The average molecular weight is 471 g/mol. The summed E-state index contributed by atoms with van der Waals surface area (Å²) in [5.74, 6) is 0. The van der Waals surface area contributed by atoms with Crippen molar-refractivity contribution in [2.24, 2.45) is 5.73 Å². The Kier molecular flexibility index (Phi) is 9.87. The fourth-order valence-corrected chi connectivity index (χ4v) is 26.5. The summed E-state index contributed by atoms with van der Waals surface area (Å²) >= 11 is 0. The van der Waals surface area contributed by atoms with E-state index in [2.05, 4.69) is 77.3 Å². The number of carbonyl (C=O) groups is 1. The summed E-state index contributed by atoms with van der Waals surface area (Å²) in [6, 6.07) is 0.286. The highest BCUT2D eigenvalue weighted by Crippen LogP contribution is 2.28. The van der Waals surface area contributed by atoms with Crippen molar-refractivity contribution in [3.05, 3.63) is 0 Å². The van der Waals surface area contributed by atoms with Crippen molar-refractivity contribution >= 4 is 48.3 Å². The summed E-state index contributed by atoms with van der Waals surface area (Å²) < 4.78 is 26.0. The van der Waals surface area contributed by atoms with Gasteiger partial charge in [-0.05, 0) is 84.5 Å². The monoisotopic (exact) mass is 470 g/mol. The van der Waals surface area contributed by atoms with Gasteiger partial charge in [-0.3, -0.25) is 0 Å². The molecule has 12 heteroatoms. The number of rotatable bonds is 12. The van der Waals surface area contributed by atoms with Gasteiger partial charge >= 0.3 is 31.7 Å². The Bertz CT molecular complexity index is 494. The molecule has 0 aliphatic rings. The van der Waals surface area contributed by atoms with Crippen LogP contribution in [0.25, 0.3) is 0 Å². The van der Waals surface area contributed by atoms with Gasteiger partial charge in [0.1, 0.15) is 0 Å². The summed E-state index contributed by atoms with van der Waals surface area (Å²) in [6.07, 6.45) is 0.771. The topological polar surface area (TPSA) is 92.0 Å². The van der Waals surface area contributed by atoms with E-state index in [4.69, 9.17) is 22.2 Å². The lowest BCUT2D eigenvalue weighted by molar-refractivity contribution is 0.248. The SMILES string of the molecule is C[Si](C)(C)O[Si](C)(C)O[Si](C)(C)O[Si](C)(CCCNC(N)=O)O[Si](C)(C)C. The van der Waals surface area contributed by atoms with E-state index in [1.54, 1.807) is 0 Å². The van der Waals surface area contributed by atoms with Crippen LogP contribution in [0.5, 0.6) is 0 Å². The van der Waals surface area contributed by atoms with Crippen LogP contribution in [0.15, 0.2) is 0 Å². The van der Waals surface area contributed by atoms with Crippen molar-refractivity contribution in [1.82, 2.24) is 5.32 Å². The molecule has 0 rings (SSSR count). The number of amides is 2. The van der Waals surface area contributed by atoms with E-state index >= 15 is 0 Å². The molecule has 0 fully saturated rings. The fraction of sp³-hybridized carbons (Fsp3) is 0.933. The van der Waals surface area contributed by atoms with Crippen molar-refractivity contribution in [2.75, 3.05) is 6.54 Å². The Morgan fingerprint density at radius 1 is 0.741 bits per heavy atom. The molecule has 0 bridgehead atoms. The minimum Gasteiger partial charge on any atom is -0.437 e. The second-order valence-corrected chi connectivity index (χ2v) is 30.0. The molecule has 0 aliphatic heterocycles. The van der Waals surface area contributed by atoms with Gasteiger partial charge < -0.3 is 27.5 Å². The number of urea groups is 1. The van der Waals surface area contributed by atoms with Crippen molar-refractivity contribution in [2.45, 2.75) is 84.5 Å². The van der Waals surface area contributed by atoms with Crippen LogP contribution in [0.4, 0.5) is 4.79 Å². The highest BCUT2D eigenvalue weighted by atomic mass is 28.5. The van der Waals surface area contributed by atoms with E-state index in [-0.39, 0.29) is 0 Å². The van der Waals surface area contributed by atoms with Crippen LogP contribution >= 0.6 is 0 Å². The largest absolute Gasteiger partial charge is 0.437 e. The predicted molar refractivity (Wildman–Crippen MR) is 125 cm³/mol. The molecular weight excluding hydrogens is 429 g/mol. The summed E-state index contributed by atoms with van der Waals surface area (Å²) in [5.41, 5.74) is 5.15. The Labute approximate surface area is 171 Å². The maximum Gasteiger partial charge on any atom is 0.315 e. The Hall–Kier alpha value is 0.194. The number of nitrogens with two attached hydrogens (primary N) is 1. The molecule has 162 valence electrons. The first-order valence-corrected chi connectivity index (χ1v) is 24.6. The second-order valence-electron chi connectivity index (χ2n) is 9.96. The van der Waals surface area contributed by atoms with E-state index in [0.29, 0.717) is 6.54 Å². The molecule has 0 saturated carbocycles. The number of hydrogen-bond donors (Lipinski definition) is 2. The van der Waals surface area contributed by atoms with Crippen molar-refractivity contribution in [3.63, 3.8) is 0 Å². The number of nitrogens with one attached hydrogen (secondary N) is 1. The average Bonchev–Trinajstić information content (AvgIpc) is 2.25. The van der Waals surface area contributed by atoms with Gasteiger partial charge in [0.15, 0.2) is 16.6 Å². The first-order chi connectivity index (χ1) is 11.7. The quantitative estimate of drug-likeness (QED) is 0.328. The molecule has 0 heterocycles. The third-order valence-electron chi connectivity index (χ3n) is 3.13. The molecule has 0 aromatic heterocycles. The molecule has 0 aromatic rings. The van der Waals surface area contributed by atoms with E-state index in [0.717, 1.165) is 12.5 Å². The minimum absolute atomic E-state index is 0.500. The Morgan fingerprint density at radius 2 is 1.19 bits per heavy atom. The lowest BCUT2D eigenvalue weighted by Crippen LogP contribution is -2.59. The van der Waals surface area contributed by atoms with Gasteiger partial charge in [0.05, 0.1) is 0 Å². The summed E-state index contributed by atoms with van der Waals surface area (Å²) in [5, 5.41) is 2.64. The van der Waals surface area contributed by atoms with Crippen molar-refractivity contribution in [3.8, 4) is 0 Å². The molecule has 7 nitrogen and oxygen atoms in total.